The molecule has 76 valence electrons. The first-order valence-corrected chi connectivity index (χ1v) is 4.61. The Hall–Kier alpha value is -1.06. The van der Waals surface area contributed by atoms with Crippen LogP contribution in [0.3, 0.4) is 0 Å². The molecule has 0 aromatic carbocycles. The third-order valence-corrected chi connectivity index (χ3v) is 2.10. The van der Waals surface area contributed by atoms with Gasteiger partial charge < -0.3 is 11.1 Å². The van der Waals surface area contributed by atoms with Crippen LogP contribution in [0.5, 0.6) is 0 Å². The Morgan fingerprint density at radius 1 is 1.46 bits per heavy atom. The van der Waals surface area contributed by atoms with Crippen LogP contribution in [-0.4, -0.2) is 18.4 Å². The number of urea groups is 1. The summed E-state index contributed by atoms with van der Waals surface area (Å²) in [6.45, 7) is 4.16. The number of amides is 2. The van der Waals surface area contributed by atoms with Crippen LogP contribution in [0, 0.1) is 5.92 Å². The van der Waals surface area contributed by atoms with E-state index in [-0.39, 0.29) is 11.7 Å². The second-order valence-corrected chi connectivity index (χ2v) is 3.15. The zero-order chi connectivity index (χ0) is 10.3. The lowest BCUT2D eigenvalue weighted by Crippen LogP contribution is -2.30. The number of primary amides is 1. The molecule has 0 aliphatic rings. The van der Waals surface area contributed by atoms with Gasteiger partial charge in [-0.2, -0.15) is 0 Å². The second-order valence-electron chi connectivity index (χ2n) is 3.15. The number of rotatable bonds is 6. The summed E-state index contributed by atoms with van der Waals surface area (Å²) in [6.07, 6.45) is 2.50. The number of nitrogens with one attached hydrogen (secondary N) is 1. The van der Waals surface area contributed by atoms with Crippen molar-refractivity contribution in [3.05, 3.63) is 0 Å². The fraction of sp³-hybridized carbons (Fsp3) is 0.778. The summed E-state index contributed by atoms with van der Waals surface area (Å²) in [5.74, 6) is 0.358. The lowest BCUT2D eigenvalue weighted by molar-refractivity contribution is -0.121. The largest absolute Gasteiger partial charge is 0.352 e. The molecule has 0 unspecified atom stereocenters. The van der Waals surface area contributed by atoms with Crippen LogP contribution >= 0.6 is 0 Å². The van der Waals surface area contributed by atoms with Crippen LogP contribution in [0.2, 0.25) is 0 Å². The van der Waals surface area contributed by atoms with Crippen molar-refractivity contribution < 1.29 is 9.59 Å². The van der Waals surface area contributed by atoms with E-state index in [1.54, 1.807) is 6.92 Å². The highest BCUT2D eigenvalue weighted by molar-refractivity contribution is 5.78. The van der Waals surface area contributed by atoms with Crippen molar-refractivity contribution >= 4 is 11.8 Å². The molecule has 0 aromatic rings. The predicted molar refractivity (Wildman–Crippen MR) is 51.3 cm³/mol. The summed E-state index contributed by atoms with van der Waals surface area (Å²) in [6, 6.07) is -0.504. The van der Waals surface area contributed by atoms with E-state index < -0.39 is 6.03 Å². The van der Waals surface area contributed by atoms with Gasteiger partial charge in [-0.15, -0.1) is 0 Å². The van der Waals surface area contributed by atoms with Gasteiger partial charge in [0.25, 0.3) is 0 Å². The first-order valence-electron chi connectivity index (χ1n) is 4.61. The Kier molecular flexibility index (Phi) is 5.93. The fourth-order valence-electron chi connectivity index (χ4n) is 1.25. The highest BCUT2D eigenvalue weighted by atomic mass is 16.2. The quantitative estimate of drug-likeness (QED) is 0.608. The summed E-state index contributed by atoms with van der Waals surface area (Å²) >= 11 is 0. The van der Waals surface area contributed by atoms with E-state index in [0.717, 1.165) is 19.3 Å². The van der Waals surface area contributed by atoms with Gasteiger partial charge in [0, 0.05) is 12.5 Å². The first kappa shape index (κ1) is 11.9. The molecule has 0 saturated carbocycles. The summed E-state index contributed by atoms with van der Waals surface area (Å²) in [7, 11) is 0. The molecule has 4 nitrogen and oxygen atoms in total. The van der Waals surface area contributed by atoms with E-state index in [4.69, 9.17) is 5.73 Å². The van der Waals surface area contributed by atoms with Gasteiger partial charge in [-0.05, 0) is 26.2 Å². The molecule has 0 aromatic heterocycles. The molecule has 0 radical (unpaired) electrons. The fourth-order valence-corrected chi connectivity index (χ4v) is 1.25. The minimum Gasteiger partial charge on any atom is -0.352 e. The Morgan fingerprint density at radius 3 is 2.46 bits per heavy atom. The maximum atomic E-state index is 11.0. The molecule has 0 aliphatic carbocycles. The van der Waals surface area contributed by atoms with E-state index in [2.05, 4.69) is 5.32 Å². The van der Waals surface area contributed by atoms with Gasteiger partial charge in [0.15, 0.2) is 0 Å². The van der Waals surface area contributed by atoms with E-state index in [9.17, 15) is 9.59 Å². The highest BCUT2D eigenvalue weighted by Gasteiger charge is 2.10. The van der Waals surface area contributed by atoms with Crippen LogP contribution in [0.1, 0.15) is 33.1 Å². The molecule has 0 bridgehead atoms. The lowest BCUT2D eigenvalue weighted by atomic mass is 9.96. The molecule has 0 spiro atoms. The van der Waals surface area contributed by atoms with Crippen molar-refractivity contribution in [1.82, 2.24) is 5.32 Å². The summed E-state index contributed by atoms with van der Waals surface area (Å²) in [5, 5.41) is 2.49. The zero-order valence-electron chi connectivity index (χ0n) is 8.30. The predicted octanol–water partition coefficient (Wildman–Crippen LogP) is 1.05. The molecule has 4 heteroatoms. The maximum absolute atomic E-state index is 11.0. The van der Waals surface area contributed by atoms with Crippen LogP contribution < -0.4 is 11.1 Å². The van der Waals surface area contributed by atoms with Gasteiger partial charge in [0.1, 0.15) is 5.78 Å². The molecule has 1 atom stereocenters. The minimum atomic E-state index is -0.504. The van der Waals surface area contributed by atoms with E-state index in [1.807, 2.05) is 6.92 Å². The molecule has 0 saturated heterocycles. The molecular formula is C9H18N2O2. The molecule has 0 heterocycles. The number of carbonyl (C=O) groups is 2. The first-order chi connectivity index (χ1) is 6.07. The molecule has 0 fully saturated rings. The molecule has 2 amide bonds. The number of nitrogens with two attached hydrogens (primary N) is 1. The Balaban J connectivity index is 3.50. The molecule has 0 rings (SSSR count). The van der Waals surface area contributed by atoms with Crippen molar-refractivity contribution in [2.24, 2.45) is 11.7 Å². The summed E-state index contributed by atoms with van der Waals surface area (Å²) in [4.78, 5) is 21.3. The maximum Gasteiger partial charge on any atom is 0.312 e. The second kappa shape index (κ2) is 6.46. The number of hydrogen-bond acceptors (Lipinski definition) is 2. The lowest BCUT2D eigenvalue weighted by Gasteiger charge is -2.10. The minimum absolute atomic E-state index is 0.134. The number of hydrogen-bond donors (Lipinski definition) is 2. The normalized spacial score (nSPS) is 12.2. The molecular weight excluding hydrogens is 168 g/mol. The van der Waals surface area contributed by atoms with Gasteiger partial charge in [0.2, 0.25) is 0 Å². The van der Waals surface area contributed by atoms with Gasteiger partial charge in [-0.3, -0.25) is 4.79 Å². The number of Topliss-reactive ketones (excluding diaryl/α,β-unsaturated/α-hetero) is 1. The summed E-state index contributed by atoms with van der Waals surface area (Å²) < 4.78 is 0. The smallest absolute Gasteiger partial charge is 0.312 e. The van der Waals surface area contributed by atoms with Crippen molar-refractivity contribution in [3.63, 3.8) is 0 Å². The van der Waals surface area contributed by atoms with Gasteiger partial charge in [0.05, 0.1) is 0 Å². The van der Waals surface area contributed by atoms with E-state index in [1.165, 1.54) is 0 Å². The Morgan fingerprint density at radius 2 is 2.08 bits per heavy atom. The number of ketones is 1. The molecule has 3 N–H and O–H groups in total. The average molecular weight is 186 g/mol. The van der Waals surface area contributed by atoms with Crippen molar-refractivity contribution in [1.29, 1.82) is 0 Å². The third kappa shape index (κ3) is 6.13. The summed E-state index contributed by atoms with van der Waals surface area (Å²) in [5.41, 5.74) is 4.88. The Labute approximate surface area is 78.9 Å². The third-order valence-electron chi connectivity index (χ3n) is 2.10. The monoisotopic (exact) mass is 186 g/mol. The van der Waals surface area contributed by atoms with Gasteiger partial charge in [-0.25, -0.2) is 4.79 Å². The standard InChI is InChI=1S/C9H18N2O2/c1-3-8(7(2)12)5-4-6-11-9(10)13/h8H,3-6H2,1-2H3,(H3,10,11,13)/t8-/m0/s1. The average Bonchev–Trinajstić information content (AvgIpc) is 2.03. The van der Waals surface area contributed by atoms with E-state index >= 15 is 0 Å². The van der Waals surface area contributed by atoms with Crippen molar-refractivity contribution in [2.75, 3.05) is 6.54 Å². The van der Waals surface area contributed by atoms with Gasteiger partial charge >= 0.3 is 6.03 Å². The van der Waals surface area contributed by atoms with Crippen LogP contribution in [-0.2, 0) is 4.79 Å². The van der Waals surface area contributed by atoms with Crippen LogP contribution in [0.15, 0.2) is 0 Å². The van der Waals surface area contributed by atoms with Crippen LogP contribution in [0.25, 0.3) is 0 Å². The van der Waals surface area contributed by atoms with E-state index in [0.29, 0.717) is 6.54 Å². The van der Waals surface area contributed by atoms with Gasteiger partial charge in [-0.1, -0.05) is 6.92 Å². The van der Waals surface area contributed by atoms with Crippen molar-refractivity contribution in [2.45, 2.75) is 33.1 Å². The topological polar surface area (TPSA) is 72.2 Å². The zero-order valence-corrected chi connectivity index (χ0v) is 8.30. The molecule has 0 aliphatic heterocycles. The SMILES string of the molecule is CC[C@@H](CCCNC(N)=O)C(C)=O. The Bertz CT molecular complexity index is 180. The van der Waals surface area contributed by atoms with Crippen molar-refractivity contribution in [3.8, 4) is 0 Å². The highest BCUT2D eigenvalue weighted by Crippen LogP contribution is 2.11. The molecule has 13 heavy (non-hydrogen) atoms. The van der Waals surface area contributed by atoms with Crippen LogP contribution in [0.4, 0.5) is 4.79 Å². The number of carbonyl (C=O) groups excluding carboxylic acids is 2.